The Kier molecular flexibility index (Phi) is 7.18. The molecule has 2 aliphatic carbocycles. The van der Waals surface area contributed by atoms with Gasteiger partial charge in [-0.3, -0.25) is 0 Å². The van der Waals surface area contributed by atoms with Crippen LogP contribution < -0.4 is 15.1 Å². The molecule has 2 aromatic heterocycles. The molecule has 2 aromatic rings. The first-order valence-electron chi connectivity index (χ1n) is 14.9. The van der Waals surface area contributed by atoms with Crippen molar-refractivity contribution >= 4 is 47.2 Å². The summed E-state index contributed by atoms with van der Waals surface area (Å²) in [5, 5.41) is 8.23. The maximum Gasteiger partial charge on any atom is 0.435 e. The number of anilines is 4. The van der Waals surface area contributed by atoms with Gasteiger partial charge in [-0.2, -0.15) is 14.6 Å². The van der Waals surface area contributed by atoms with Crippen molar-refractivity contribution in [2.24, 2.45) is 11.8 Å². The summed E-state index contributed by atoms with van der Waals surface area (Å²) in [4.78, 5) is 41.4. The van der Waals surface area contributed by atoms with Crippen LogP contribution in [-0.2, 0) is 9.47 Å². The highest BCUT2D eigenvalue weighted by molar-refractivity contribution is 6.35. The molecule has 1 N–H and O–H groups in total. The van der Waals surface area contributed by atoms with E-state index in [1.54, 1.807) is 4.90 Å². The molecule has 2 aliphatic heterocycles. The van der Waals surface area contributed by atoms with Gasteiger partial charge in [-0.05, 0) is 72.6 Å². The lowest BCUT2D eigenvalue weighted by atomic mass is 10.2. The van der Waals surface area contributed by atoms with Gasteiger partial charge in [0.2, 0.25) is 5.95 Å². The van der Waals surface area contributed by atoms with E-state index in [0.717, 1.165) is 31.6 Å². The van der Waals surface area contributed by atoms with E-state index in [0.29, 0.717) is 66.4 Å². The van der Waals surface area contributed by atoms with E-state index >= 15 is 0 Å². The molecule has 2 atom stereocenters. The predicted octanol–water partition coefficient (Wildman–Crippen LogP) is 5.24. The van der Waals surface area contributed by atoms with E-state index in [9.17, 15) is 9.59 Å². The Morgan fingerprint density at radius 3 is 2.12 bits per heavy atom. The summed E-state index contributed by atoms with van der Waals surface area (Å²) in [6.07, 6.45) is 2.45. The van der Waals surface area contributed by atoms with Crippen LogP contribution in [0.25, 0.3) is 0 Å². The van der Waals surface area contributed by atoms with Gasteiger partial charge in [0.1, 0.15) is 16.2 Å². The van der Waals surface area contributed by atoms with Gasteiger partial charge in [-0.1, -0.05) is 11.6 Å². The Labute approximate surface area is 251 Å². The third-order valence-electron chi connectivity index (χ3n) is 7.86. The molecule has 6 rings (SSSR count). The number of nitrogens with one attached hydrogen (secondary N) is 1. The minimum Gasteiger partial charge on any atom is -0.444 e. The average Bonchev–Trinajstić information content (AvgIpc) is 3.80. The molecule has 4 heterocycles. The largest absolute Gasteiger partial charge is 0.444 e. The van der Waals surface area contributed by atoms with E-state index < -0.39 is 17.3 Å². The number of piperidine rings is 1. The van der Waals surface area contributed by atoms with Crippen molar-refractivity contribution in [1.29, 1.82) is 0 Å². The van der Waals surface area contributed by atoms with E-state index in [4.69, 9.17) is 31.0 Å². The second kappa shape index (κ2) is 10.5. The number of rotatable bonds is 5. The van der Waals surface area contributed by atoms with Crippen LogP contribution in [0.1, 0.15) is 72.4 Å². The number of carbonyl (C=O) groups is 2. The summed E-state index contributed by atoms with van der Waals surface area (Å²) >= 11 is 6.99. The third-order valence-corrected chi connectivity index (χ3v) is 8.21. The molecule has 1 amide bonds. The van der Waals surface area contributed by atoms with Crippen LogP contribution in [0.3, 0.4) is 0 Å². The number of piperazine rings is 1. The van der Waals surface area contributed by atoms with E-state index in [2.05, 4.69) is 20.2 Å². The van der Waals surface area contributed by atoms with Crippen LogP contribution in [0.2, 0.25) is 5.02 Å². The molecule has 228 valence electrons. The third kappa shape index (κ3) is 6.38. The first-order chi connectivity index (χ1) is 19.7. The zero-order valence-electron chi connectivity index (χ0n) is 25.3. The number of carbonyl (C=O) groups excluding carboxylic acids is 2. The van der Waals surface area contributed by atoms with E-state index in [1.165, 1.54) is 11.1 Å². The normalized spacial score (nSPS) is 22.2. The molecule has 0 bridgehead atoms. The zero-order valence-corrected chi connectivity index (χ0v) is 26.1. The van der Waals surface area contributed by atoms with E-state index in [-0.39, 0.29) is 12.0 Å². The number of hydrogen-bond acceptors (Lipinski definition) is 10. The Morgan fingerprint density at radius 1 is 0.905 bits per heavy atom. The Balaban J connectivity index is 1.26. The smallest absolute Gasteiger partial charge is 0.435 e. The Hall–Kier alpha value is -3.28. The highest BCUT2D eigenvalue weighted by Crippen LogP contribution is 2.47. The monoisotopic (exact) mass is 600 g/mol. The van der Waals surface area contributed by atoms with Crippen LogP contribution in [0, 0.1) is 11.8 Å². The highest BCUT2D eigenvalue weighted by Gasteiger charge is 2.46. The molecule has 2 saturated heterocycles. The summed E-state index contributed by atoms with van der Waals surface area (Å²) in [7, 11) is 0. The summed E-state index contributed by atoms with van der Waals surface area (Å²) in [6.45, 7) is 15.1. The number of halogens is 1. The number of ether oxygens (including phenoxy) is 2. The molecule has 2 saturated carbocycles. The lowest BCUT2D eigenvalue weighted by Gasteiger charge is -2.36. The van der Waals surface area contributed by atoms with Crippen LogP contribution in [0.15, 0.2) is 6.07 Å². The molecule has 4 aliphatic rings. The van der Waals surface area contributed by atoms with Gasteiger partial charge in [0.15, 0.2) is 17.5 Å². The summed E-state index contributed by atoms with van der Waals surface area (Å²) < 4.78 is 12.5. The van der Waals surface area contributed by atoms with Gasteiger partial charge in [0.25, 0.3) is 0 Å². The standard InChI is InChI=1S/C29H41ClN8O4/c1-28(2,3)41-26(39)36-11-9-35(10-12-36)24-22(30)23(32-25(33-24)37-15-18-13-19(18)16-37)31-21-14-20(17-7-8-17)38(34-21)27(40)42-29(4,5)6/h14,17-19H,7-13,15-16H2,1-6H3,(H,31,32,33,34). The molecular weight excluding hydrogens is 560 g/mol. The van der Waals surface area contributed by atoms with Gasteiger partial charge in [-0.25, -0.2) is 9.59 Å². The van der Waals surface area contributed by atoms with Crippen molar-refractivity contribution in [2.45, 2.75) is 77.9 Å². The average molecular weight is 601 g/mol. The molecule has 0 aromatic carbocycles. The fourth-order valence-electron chi connectivity index (χ4n) is 5.55. The second-order valence-electron chi connectivity index (χ2n) is 13.9. The lowest BCUT2D eigenvalue weighted by Crippen LogP contribution is -2.50. The van der Waals surface area contributed by atoms with Crippen molar-refractivity contribution < 1.29 is 19.1 Å². The molecule has 12 nitrogen and oxygen atoms in total. The number of aromatic nitrogens is 4. The van der Waals surface area contributed by atoms with Crippen molar-refractivity contribution in [2.75, 3.05) is 54.4 Å². The minimum atomic E-state index is -0.638. The topological polar surface area (TPSA) is 118 Å². The predicted molar refractivity (Wildman–Crippen MR) is 160 cm³/mol. The van der Waals surface area contributed by atoms with E-state index in [1.807, 2.05) is 47.6 Å². The first-order valence-corrected chi connectivity index (χ1v) is 15.3. The summed E-state index contributed by atoms with van der Waals surface area (Å²) in [6, 6.07) is 1.88. The van der Waals surface area contributed by atoms with Crippen molar-refractivity contribution in [1.82, 2.24) is 24.6 Å². The van der Waals surface area contributed by atoms with Crippen molar-refractivity contribution in [3.05, 3.63) is 16.8 Å². The Morgan fingerprint density at radius 2 is 1.52 bits per heavy atom. The quantitative estimate of drug-likeness (QED) is 0.488. The SMILES string of the molecule is CC(C)(C)OC(=O)N1CCN(c2nc(N3CC4CC4C3)nc(Nc3cc(C4CC4)n(C(=O)OC(C)(C)C)n3)c2Cl)CC1. The molecule has 2 unspecified atom stereocenters. The van der Waals surface area contributed by atoms with Crippen LogP contribution in [0.4, 0.5) is 33.0 Å². The van der Waals surface area contributed by atoms with Gasteiger partial charge < -0.3 is 29.5 Å². The number of amides is 1. The van der Waals surface area contributed by atoms with Gasteiger partial charge >= 0.3 is 12.2 Å². The number of nitrogens with zero attached hydrogens (tertiary/aromatic N) is 7. The number of fused-ring (bicyclic) bond motifs is 1. The lowest BCUT2D eigenvalue weighted by molar-refractivity contribution is 0.0240. The second-order valence-corrected chi connectivity index (χ2v) is 14.2. The Bertz CT molecular complexity index is 1360. The molecule has 0 radical (unpaired) electrons. The zero-order chi connectivity index (χ0) is 30.0. The summed E-state index contributed by atoms with van der Waals surface area (Å²) in [5.41, 5.74) is -0.372. The molecular formula is C29H41ClN8O4. The maximum atomic E-state index is 13.0. The minimum absolute atomic E-state index is 0.269. The molecule has 0 spiro atoms. The van der Waals surface area contributed by atoms with Gasteiger partial charge in [0.05, 0.1) is 5.69 Å². The molecule has 42 heavy (non-hydrogen) atoms. The van der Waals surface area contributed by atoms with Gasteiger partial charge in [0, 0.05) is 51.3 Å². The first kappa shape index (κ1) is 28.8. The van der Waals surface area contributed by atoms with Gasteiger partial charge in [-0.15, -0.1) is 5.10 Å². The fourth-order valence-corrected chi connectivity index (χ4v) is 5.80. The van der Waals surface area contributed by atoms with Crippen LogP contribution in [-0.4, -0.2) is 87.3 Å². The van der Waals surface area contributed by atoms with Crippen LogP contribution >= 0.6 is 11.6 Å². The molecule has 13 heteroatoms. The van der Waals surface area contributed by atoms with Crippen LogP contribution in [0.5, 0.6) is 0 Å². The maximum absolute atomic E-state index is 13.0. The molecule has 4 fully saturated rings. The van der Waals surface area contributed by atoms with Crippen molar-refractivity contribution in [3.8, 4) is 0 Å². The van der Waals surface area contributed by atoms with Crippen molar-refractivity contribution in [3.63, 3.8) is 0 Å². The highest BCUT2D eigenvalue weighted by atomic mass is 35.5. The fraction of sp³-hybridized carbons (Fsp3) is 0.690. The summed E-state index contributed by atoms with van der Waals surface area (Å²) in [5.74, 6) is 3.81. The number of hydrogen-bond donors (Lipinski definition) is 1.